The maximum Gasteiger partial charge on any atom is 0.262 e. The van der Waals surface area contributed by atoms with Crippen LogP contribution in [0.5, 0.6) is 11.5 Å². The number of fused-ring (bicyclic) bond motifs is 1. The summed E-state index contributed by atoms with van der Waals surface area (Å²) in [6.07, 6.45) is 1.70. The third-order valence-electron chi connectivity index (χ3n) is 5.27. The van der Waals surface area contributed by atoms with E-state index in [1.165, 1.54) is 18.2 Å². The van der Waals surface area contributed by atoms with Gasteiger partial charge in [0.1, 0.15) is 17.3 Å². The Bertz CT molecular complexity index is 1150. The molecule has 0 atom stereocenters. The van der Waals surface area contributed by atoms with Gasteiger partial charge in [0, 0.05) is 12.2 Å². The van der Waals surface area contributed by atoms with E-state index < -0.39 is 11.7 Å². The van der Waals surface area contributed by atoms with Crippen LogP contribution >= 0.6 is 0 Å². The molecule has 1 heterocycles. The number of nitrogens with one attached hydrogen (secondary N) is 1. The molecule has 0 saturated heterocycles. The maximum absolute atomic E-state index is 13.7. The SMILES string of the molecule is COc1ccc2c(c1)CCCN2C(=O)c1ccccc1OCC(=O)Nc1ccccc1F. The number of rotatable bonds is 6. The van der Waals surface area contributed by atoms with E-state index in [-0.39, 0.29) is 18.2 Å². The molecule has 6 nitrogen and oxygen atoms in total. The van der Waals surface area contributed by atoms with E-state index in [9.17, 15) is 14.0 Å². The van der Waals surface area contributed by atoms with E-state index in [1.54, 1.807) is 42.3 Å². The van der Waals surface area contributed by atoms with Gasteiger partial charge in [-0.2, -0.15) is 0 Å². The van der Waals surface area contributed by atoms with Gasteiger partial charge in [-0.05, 0) is 60.9 Å². The number of hydrogen-bond donors (Lipinski definition) is 1. The van der Waals surface area contributed by atoms with Crippen LogP contribution in [0.1, 0.15) is 22.3 Å². The Labute approximate surface area is 185 Å². The molecule has 0 fully saturated rings. The van der Waals surface area contributed by atoms with Crippen molar-refractivity contribution < 1.29 is 23.5 Å². The summed E-state index contributed by atoms with van der Waals surface area (Å²) in [6.45, 7) is 0.229. The van der Waals surface area contributed by atoms with Crippen molar-refractivity contribution in [1.82, 2.24) is 0 Å². The number of carbonyl (C=O) groups is 2. The Kier molecular flexibility index (Phi) is 6.35. The van der Waals surface area contributed by atoms with Gasteiger partial charge in [-0.3, -0.25) is 9.59 Å². The molecule has 1 aliphatic heterocycles. The summed E-state index contributed by atoms with van der Waals surface area (Å²) >= 11 is 0. The Balaban J connectivity index is 1.50. The van der Waals surface area contributed by atoms with Crippen LogP contribution in [0.25, 0.3) is 0 Å². The zero-order chi connectivity index (χ0) is 22.5. The molecule has 3 aromatic rings. The number of halogens is 1. The van der Waals surface area contributed by atoms with Gasteiger partial charge in [-0.25, -0.2) is 4.39 Å². The van der Waals surface area contributed by atoms with Gasteiger partial charge >= 0.3 is 0 Å². The monoisotopic (exact) mass is 434 g/mol. The molecule has 2 amide bonds. The van der Waals surface area contributed by atoms with Crippen molar-refractivity contribution in [3.8, 4) is 11.5 Å². The first kappa shape index (κ1) is 21.4. The minimum Gasteiger partial charge on any atom is -0.497 e. The van der Waals surface area contributed by atoms with Crippen LogP contribution in [0.3, 0.4) is 0 Å². The molecular formula is C25H23FN2O4. The number of ether oxygens (including phenoxy) is 2. The van der Waals surface area contributed by atoms with Crippen molar-refractivity contribution in [1.29, 1.82) is 0 Å². The summed E-state index contributed by atoms with van der Waals surface area (Å²) in [5.41, 5.74) is 2.32. The van der Waals surface area contributed by atoms with Crippen LogP contribution in [-0.2, 0) is 11.2 Å². The van der Waals surface area contributed by atoms with Crippen LogP contribution in [0.4, 0.5) is 15.8 Å². The molecule has 0 unspecified atom stereocenters. The molecule has 0 radical (unpaired) electrons. The number of hydrogen-bond acceptors (Lipinski definition) is 4. The van der Waals surface area contributed by atoms with Crippen molar-refractivity contribution in [3.05, 3.63) is 83.7 Å². The summed E-state index contributed by atoms with van der Waals surface area (Å²) < 4.78 is 24.7. The average molecular weight is 434 g/mol. The lowest BCUT2D eigenvalue weighted by Crippen LogP contribution is -2.35. The van der Waals surface area contributed by atoms with Crippen molar-refractivity contribution >= 4 is 23.2 Å². The van der Waals surface area contributed by atoms with Crippen LogP contribution in [0.2, 0.25) is 0 Å². The van der Waals surface area contributed by atoms with Gasteiger partial charge in [0.25, 0.3) is 11.8 Å². The minimum atomic E-state index is -0.531. The first-order valence-corrected chi connectivity index (χ1v) is 10.3. The van der Waals surface area contributed by atoms with E-state index in [0.717, 1.165) is 29.8 Å². The van der Waals surface area contributed by atoms with Gasteiger partial charge in [-0.1, -0.05) is 24.3 Å². The largest absolute Gasteiger partial charge is 0.497 e. The Hall–Kier alpha value is -3.87. The van der Waals surface area contributed by atoms with Crippen molar-refractivity contribution in [3.63, 3.8) is 0 Å². The molecule has 0 bridgehead atoms. The third kappa shape index (κ3) is 4.56. The number of carbonyl (C=O) groups excluding carboxylic acids is 2. The second-order valence-electron chi connectivity index (χ2n) is 7.37. The van der Waals surface area contributed by atoms with E-state index >= 15 is 0 Å². The summed E-state index contributed by atoms with van der Waals surface area (Å²) in [4.78, 5) is 27.3. The maximum atomic E-state index is 13.7. The van der Waals surface area contributed by atoms with Crippen molar-refractivity contribution in [2.75, 3.05) is 30.5 Å². The quantitative estimate of drug-likeness (QED) is 0.623. The first-order chi connectivity index (χ1) is 15.6. The Morgan fingerprint density at radius 2 is 1.84 bits per heavy atom. The Morgan fingerprint density at radius 3 is 2.66 bits per heavy atom. The molecule has 0 aliphatic carbocycles. The topological polar surface area (TPSA) is 67.9 Å². The van der Waals surface area contributed by atoms with E-state index in [1.807, 2.05) is 18.2 Å². The van der Waals surface area contributed by atoms with Crippen LogP contribution in [-0.4, -0.2) is 32.1 Å². The van der Waals surface area contributed by atoms with E-state index in [4.69, 9.17) is 9.47 Å². The fraction of sp³-hybridized carbons (Fsp3) is 0.200. The average Bonchev–Trinajstić information content (AvgIpc) is 2.83. The highest BCUT2D eigenvalue weighted by molar-refractivity contribution is 6.08. The van der Waals surface area contributed by atoms with Crippen LogP contribution in [0, 0.1) is 5.82 Å². The summed E-state index contributed by atoms with van der Waals surface area (Å²) in [5.74, 6) is -0.213. The minimum absolute atomic E-state index is 0.0748. The standard InChI is InChI=1S/C25H23FN2O4/c1-31-18-12-13-22-17(15-18)7-6-14-28(22)25(30)19-8-2-5-11-23(19)32-16-24(29)27-21-10-4-3-9-20(21)26/h2-5,8-13,15H,6-7,14,16H2,1H3,(H,27,29). The number of para-hydroxylation sites is 2. The second-order valence-corrected chi connectivity index (χ2v) is 7.37. The fourth-order valence-corrected chi connectivity index (χ4v) is 3.72. The molecule has 3 aromatic carbocycles. The summed E-state index contributed by atoms with van der Waals surface area (Å²) in [5, 5.41) is 2.47. The Morgan fingerprint density at radius 1 is 1.06 bits per heavy atom. The van der Waals surface area contributed by atoms with Gasteiger partial charge in [-0.15, -0.1) is 0 Å². The lowest BCUT2D eigenvalue weighted by atomic mass is 10.00. The lowest BCUT2D eigenvalue weighted by Gasteiger charge is -2.30. The highest BCUT2D eigenvalue weighted by atomic mass is 19.1. The number of anilines is 2. The van der Waals surface area contributed by atoms with Gasteiger partial charge < -0.3 is 19.7 Å². The zero-order valence-corrected chi connectivity index (χ0v) is 17.6. The number of benzene rings is 3. The van der Waals surface area contributed by atoms with Gasteiger partial charge in [0.05, 0.1) is 18.4 Å². The molecule has 164 valence electrons. The predicted octanol–water partition coefficient (Wildman–Crippen LogP) is 4.44. The molecular weight excluding hydrogens is 411 g/mol. The number of amides is 2. The number of aryl methyl sites for hydroxylation is 1. The predicted molar refractivity (Wildman–Crippen MR) is 120 cm³/mol. The first-order valence-electron chi connectivity index (χ1n) is 10.3. The molecule has 7 heteroatoms. The van der Waals surface area contributed by atoms with Crippen LogP contribution in [0.15, 0.2) is 66.7 Å². The zero-order valence-electron chi connectivity index (χ0n) is 17.6. The molecule has 1 aliphatic rings. The van der Waals surface area contributed by atoms with Gasteiger partial charge in [0.2, 0.25) is 0 Å². The van der Waals surface area contributed by atoms with Crippen LogP contribution < -0.4 is 19.7 Å². The normalized spacial score (nSPS) is 12.6. The molecule has 0 spiro atoms. The van der Waals surface area contributed by atoms with Gasteiger partial charge in [0.15, 0.2) is 6.61 Å². The summed E-state index contributed by atoms with van der Waals surface area (Å²) in [6, 6.07) is 18.4. The van der Waals surface area contributed by atoms with Crippen molar-refractivity contribution in [2.24, 2.45) is 0 Å². The number of methoxy groups -OCH3 is 1. The lowest BCUT2D eigenvalue weighted by molar-refractivity contribution is -0.118. The van der Waals surface area contributed by atoms with E-state index in [0.29, 0.717) is 17.9 Å². The smallest absolute Gasteiger partial charge is 0.262 e. The molecule has 1 N–H and O–H groups in total. The third-order valence-corrected chi connectivity index (χ3v) is 5.27. The van der Waals surface area contributed by atoms with E-state index in [2.05, 4.69) is 5.32 Å². The fourth-order valence-electron chi connectivity index (χ4n) is 3.72. The second kappa shape index (κ2) is 9.51. The molecule has 32 heavy (non-hydrogen) atoms. The molecule has 0 aromatic heterocycles. The molecule has 0 saturated carbocycles. The summed E-state index contributed by atoms with van der Waals surface area (Å²) in [7, 11) is 1.61. The molecule has 4 rings (SSSR count). The number of nitrogens with zero attached hydrogens (tertiary/aromatic N) is 1. The van der Waals surface area contributed by atoms with Crippen molar-refractivity contribution in [2.45, 2.75) is 12.8 Å². The highest BCUT2D eigenvalue weighted by Crippen LogP contribution is 2.32. The highest BCUT2D eigenvalue weighted by Gasteiger charge is 2.26.